The first-order chi connectivity index (χ1) is 9.43. The molecule has 108 valence electrons. The van der Waals surface area contributed by atoms with Gasteiger partial charge < -0.3 is 10.5 Å². The van der Waals surface area contributed by atoms with Gasteiger partial charge in [0.15, 0.2) is 5.82 Å². The average molecular weight is 275 g/mol. The molecular weight excluding hydrogens is 254 g/mol. The Hall–Kier alpha value is -1.95. The van der Waals surface area contributed by atoms with E-state index in [0.717, 1.165) is 22.6 Å². The summed E-state index contributed by atoms with van der Waals surface area (Å²) in [6.45, 7) is 9.28. The minimum Gasteiger partial charge on any atom is -0.399 e. The topological polar surface area (TPSA) is 78.8 Å². The lowest BCUT2D eigenvalue weighted by Gasteiger charge is -2.24. The molecule has 0 aliphatic rings. The van der Waals surface area contributed by atoms with E-state index in [-0.39, 0.29) is 5.60 Å². The van der Waals surface area contributed by atoms with E-state index in [1.54, 1.807) is 4.68 Å². The van der Waals surface area contributed by atoms with Crippen LogP contribution in [-0.2, 0) is 11.3 Å². The highest BCUT2D eigenvalue weighted by molar-refractivity contribution is 5.63. The van der Waals surface area contributed by atoms with Crippen LogP contribution in [0.5, 0.6) is 0 Å². The van der Waals surface area contributed by atoms with Crippen LogP contribution in [0, 0.1) is 6.92 Å². The monoisotopic (exact) mass is 275 g/mol. The molecule has 0 atom stereocenters. The molecule has 0 spiro atoms. The molecular formula is C14H21N5O. The molecule has 6 heteroatoms. The number of anilines is 1. The van der Waals surface area contributed by atoms with Crippen LogP contribution in [0.15, 0.2) is 18.2 Å². The van der Waals surface area contributed by atoms with Crippen LogP contribution in [0.3, 0.4) is 0 Å². The molecule has 0 radical (unpaired) electrons. The van der Waals surface area contributed by atoms with Crippen molar-refractivity contribution in [3.05, 3.63) is 23.8 Å². The Morgan fingerprint density at radius 2 is 2.10 bits per heavy atom. The molecule has 1 aromatic carbocycles. The van der Waals surface area contributed by atoms with Gasteiger partial charge in [-0.05, 0) is 61.9 Å². The van der Waals surface area contributed by atoms with Crippen LogP contribution in [0.1, 0.15) is 26.3 Å². The Morgan fingerprint density at radius 1 is 1.35 bits per heavy atom. The average Bonchev–Trinajstić information content (AvgIpc) is 2.76. The molecule has 0 aliphatic heterocycles. The maximum Gasteiger partial charge on any atom is 0.182 e. The van der Waals surface area contributed by atoms with Gasteiger partial charge in [0.2, 0.25) is 0 Å². The van der Waals surface area contributed by atoms with E-state index < -0.39 is 0 Å². The molecule has 1 heterocycles. The van der Waals surface area contributed by atoms with Crippen molar-refractivity contribution in [3.8, 4) is 11.4 Å². The standard InChI is InChI=1S/C14H21N5O/c1-5-20-14(3,4)9-19-13(16-17-18-19)12-7-6-11(15)8-10(12)2/h6-8H,5,9,15H2,1-4H3. The van der Waals surface area contributed by atoms with Crippen LogP contribution in [0.2, 0.25) is 0 Å². The maximum absolute atomic E-state index is 5.78. The van der Waals surface area contributed by atoms with Crippen molar-refractivity contribution in [1.82, 2.24) is 20.2 Å². The Morgan fingerprint density at radius 3 is 2.75 bits per heavy atom. The van der Waals surface area contributed by atoms with Gasteiger partial charge in [-0.15, -0.1) is 5.10 Å². The smallest absolute Gasteiger partial charge is 0.182 e. The molecule has 2 N–H and O–H groups in total. The predicted molar refractivity (Wildman–Crippen MR) is 78.1 cm³/mol. The first-order valence-electron chi connectivity index (χ1n) is 6.69. The minimum absolute atomic E-state index is 0.319. The first-order valence-corrected chi connectivity index (χ1v) is 6.69. The SMILES string of the molecule is CCOC(C)(C)Cn1nnnc1-c1ccc(N)cc1C. The fourth-order valence-corrected chi connectivity index (χ4v) is 2.24. The van der Waals surface area contributed by atoms with E-state index in [1.165, 1.54) is 0 Å². The van der Waals surface area contributed by atoms with Gasteiger partial charge in [-0.25, -0.2) is 4.68 Å². The van der Waals surface area contributed by atoms with Crippen molar-refractivity contribution in [3.63, 3.8) is 0 Å². The predicted octanol–water partition coefficient (Wildman–Crippen LogP) is 2.05. The fourth-order valence-electron chi connectivity index (χ4n) is 2.24. The summed E-state index contributed by atoms with van der Waals surface area (Å²) in [5.41, 5.74) is 8.23. The lowest BCUT2D eigenvalue weighted by atomic mass is 10.1. The van der Waals surface area contributed by atoms with E-state index in [9.17, 15) is 0 Å². The summed E-state index contributed by atoms with van der Waals surface area (Å²) >= 11 is 0. The number of benzene rings is 1. The van der Waals surface area contributed by atoms with Gasteiger partial charge >= 0.3 is 0 Å². The number of nitrogens with two attached hydrogens (primary N) is 1. The Labute approximate surface area is 118 Å². The van der Waals surface area contributed by atoms with Crippen LogP contribution >= 0.6 is 0 Å². The normalized spacial score (nSPS) is 11.8. The lowest BCUT2D eigenvalue weighted by Crippen LogP contribution is -2.31. The van der Waals surface area contributed by atoms with Gasteiger partial charge in [-0.3, -0.25) is 0 Å². The van der Waals surface area contributed by atoms with Gasteiger partial charge in [-0.1, -0.05) is 0 Å². The second-order valence-electron chi connectivity index (χ2n) is 5.43. The van der Waals surface area contributed by atoms with Crippen LogP contribution in [-0.4, -0.2) is 32.4 Å². The molecule has 2 rings (SSSR count). The number of nitrogen functional groups attached to an aromatic ring is 1. The van der Waals surface area contributed by atoms with Crippen molar-refractivity contribution < 1.29 is 4.74 Å². The Kier molecular flexibility index (Phi) is 4.04. The summed E-state index contributed by atoms with van der Waals surface area (Å²) in [6.07, 6.45) is 0. The van der Waals surface area contributed by atoms with E-state index in [1.807, 2.05) is 45.9 Å². The lowest BCUT2D eigenvalue weighted by molar-refractivity contribution is -0.0246. The van der Waals surface area contributed by atoms with Crippen molar-refractivity contribution in [1.29, 1.82) is 0 Å². The van der Waals surface area contributed by atoms with Gasteiger partial charge in [0.1, 0.15) is 0 Å². The third-order valence-electron chi connectivity index (χ3n) is 3.09. The number of nitrogens with zero attached hydrogens (tertiary/aromatic N) is 4. The molecule has 0 amide bonds. The quantitative estimate of drug-likeness (QED) is 0.845. The molecule has 6 nitrogen and oxygen atoms in total. The third-order valence-corrected chi connectivity index (χ3v) is 3.09. The van der Waals surface area contributed by atoms with Gasteiger partial charge in [0.25, 0.3) is 0 Å². The van der Waals surface area contributed by atoms with Crippen molar-refractivity contribution >= 4 is 5.69 Å². The summed E-state index contributed by atoms with van der Waals surface area (Å²) in [6, 6.07) is 5.72. The third kappa shape index (κ3) is 3.14. The molecule has 0 bridgehead atoms. The summed E-state index contributed by atoms with van der Waals surface area (Å²) in [5, 5.41) is 12.0. The highest BCUT2D eigenvalue weighted by Gasteiger charge is 2.22. The van der Waals surface area contributed by atoms with Crippen LogP contribution < -0.4 is 5.73 Å². The zero-order valence-electron chi connectivity index (χ0n) is 12.4. The second kappa shape index (κ2) is 5.58. The summed E-state index contributed by atoms with van der Waals surface area (Å²) < 4.78 is 7.48. The maximum atomic E-state index is 5.78. The van der Waals surface area contributed by atoms with E-state index in [2.05, 4.69) is 15.5 Å². The minimum atomic E-state index is -0.319. The van der Waals surface area contributed by atoms with E-state index in [0.29, 0.717) is 13.2 Å². The van der Waals surface area contributed by atoms with E-state index in [4.69, 9.17) is 10.5 Å². The highest BCUT2D eigenvalue weighted by atomic mass is 16.5. The van der Waals surface area contributed by atoms with Gasteiger partial charge in [0.05, 0.1) is 12.1 Å². The zero-order valence-corrected chi connectivity index (χ0v) is 12.4. The molecule has 2 aromatic rings. The van der Waals surface area contributed by atoms with Gasteiger partial charge in [-0.2, -0.15) is 0 Å². The molecule has 0 fully saturated rings. The summed E-state index contributed by atoms with van der Waals surface area (Å²) in [5.74, 6) is 0.732. The largest absolute Gasteiger partial charge is 0.399 e. The zero-order chi connectivity index (χ0) is 14.8. The number of ether oxygens (including phenoxy) is 1. The number of tetrazole rings is 1. The highest BCUT2D eigenvalue weighted by Crippen LogP contribution is 2.24. The molecule has 0 aliphatic carbocycles. The number of hydrogen-bond acceptors (Lipinski definition) is 5. The molecule has 0 unspecified atom stereocenters. The van der Waals surface area contributed by atoms with Crippen LogP contribution in [0.25, 0.3) is 11.4 Å². The number of rotatable bonds is 5. The number of aryl methyl sites for hydroxylation is 1. The molecule has 0 saturated carbocycles. The molecule has 1 aromatic heterocycles. The second-order valence-corrected chi connectivity index (χ2v) is 5.43. The Bertz CT molecular complexity index is 591. The number of hydrogen-bond donors (Lipinski definition) is 1. The van der Waals surface area contributed by atoms with Crippen molar-refractivity contribution in [2.45, 2.75) is 39.8 Å². The van der Waals surface area contributed by atoms with Crippen molar-refractivity contribution in [2.75, 3.05) is 12.3 Å². The van der Waals surface area contributed by atoms with E-state index >= 15 is 0 Å². The van der Waals surface area contributed by atoms with Crippen molar-refractivity contribution in [2.24, 2.45) is 0 Å². The first kappa shape index (κ1) is 14.5. The van der Waals surface area contributed by atoms with Crippen LogP contribution in [0.4, 0.5) is 5.69 Å². The number of aromatic nitrogens is 4. The summed E-state index contributed by atoms with van der Waals surface area (Å²) in [7, 11) is 0. The molecule has 20 heavy (non-hydrogen) atoms. The fraction of sp³-hybridized carbons (Fsp3) is 0.500. The molecule has 0 saturated heterocycles. The van der Waals surface area contributed by atoms with Gasteiger partial charge in [0, 0.05) is 17.9 Å². The Balaban J connectivity index is 2.33. The summed E-state index contributed by atoms with van der Waals surface area (Å²) in [4.78, 5) is 0.